The molecular formula is C68H77Cl9N2O22. The molecule has 2 saturated carbocycles. The van der Waals surface area contributed by atoms with Gasteiger partial charge in [0.1, 0.15) is 66.5 Å². The van der Waals surface area contributed by atoms with Crippen molar-refractivity contribution >= 4 is 164 Å². The summed E-state index contributed by atoms with van der Waals surface area (Å²) in [5.74, 6) is -11.2. The number of imide groups is 1. The number of carbonyl (C=O) groups excluding carboxylic acids is 10. The van der Waals surface area contributed by atoms with Crippen molar-refractivity contribution in [2.75, 3.05) is 14.2 Å². The average Bonchev–Trinajstić information content (AvgIpc) is 1.55. The number of hydrogen-bond acceptors (Lipinski definition) is 22. The number of cyclic esters (lactones) is 2. The first-order valence-corrected chi connectivity index (χ1v) is 35.7. The third-order valence-corrected chi connectivity index (χ3v) is 21.9. The summed E-state index contributed by atoms with van der Waals surface area (Å²) in [4.78, 5) is 126. The van der Waals surface area contributed by atoms with Gasteiger partial charge in [0.25, 0.3) is 13.5 Å². The first kappa shape index (κ1) is 82.0. The number of nitrogens with zero attached hydrogens (tertiary/aromatic N) is 1. The zero-order valence-electron chi connectivity index (χ0n) is 56.1. The molecule has 24 atom stereocenters. The van der Waals surface area contributed by atoms with Crippen molar-refractivity contribution in [3.05, 3.63) is 95.2 Å². The fourth-order valence-electron chi connectivity index (χ4n) is 15.7. The SMILES string of the molecule is CO[C@H]1C[C@H]2C=C[C@H]3[C@H]4O[C@]2(/C(C)=C/[C@@H](C)[C@@H]([C@@H](C)O)OC1=O)[C@@H]3[C@H](O)[C@@H](C)[C@H]4OC(=O)C1=CC=CC1.CO[C@H]1C[C@H]2C=C[C@H]3[C@H]4O[C@]2(/C(C)=C/[C@@H](C)[C@@H]([C@@H](C)OC(=O)CC(=O)C(Cl)(Cl)Cl)OC1=O)[C@@H]3[C@H](OC(=O)NC(=O)C(Cl)(Cl)Cl)[C@@H](C)[C@H]4OC(=O)C1=CC=CC1.O=C=NC(=O)C(Cl)(Cl)Cl. The number of amides is 3. The molecule has 0 radical (unpaired) electrons. The van der Waals surface area contributed by atoms with E-state index in [9.17, 15) is 58.2 Å². The number of halogens is 9. The van der Waals surface area contributed by atoms with Gasteiger partial charge in [0.2, 0.25) is 9.87 Å². The van der Waals surface area contributed by atoms with Crippen LogP contribution in [0.5, 0.6) is 0 Å². The number of isocyanates is 1. The van der Waals surface area contributed by atoms with Crippen LogP contribution < -0.4 is 5.32 Å². The molecule has 3 amide bonds. The number of ketones is 1. The van der Waals surface area contributed by atoms with E-state index in [-0.39, 0.29) is 48.4 Å². The molecule has 33 heteroatoms. The van der Waals surface area contributed by atoms with E-state index < -0.39 is 179 Å². The highest BCUT2D eigenvalue weighted by atomic mass is 35.6. The maximum atomic E-state index is 13.8. The second kappa shape index (κ2) is 33.0. The topological polar surface area (TPSA) is 328 Å². The minimum Gasteiger partial charge on any atom is -0.458 e. The van der Waals surface area contributed by atoms with Crippen molar-refractivity contribution in [2.24, 2.45) is 64.2 Å². The number of nitrogens with one attached hydrogen (secondary N) is 1. The number of methoxy groups -OCH3 is 2. The summed E-state index contributed by atoms with van der Waals surface area (Å²) in [6, 6.07) is 0. The van der Waals surface area contributed by atoms with Gasteiger partial charge in [-0.2, -0.15) is 0 Å². The van der Waals surface area contributed by atoms with E-state index in [2.05, 4.69) is 17.1 Å². The molecule has 2 spiro atoms. The van der Waals surface area contributed by atoms with Crippen LogP contribution in [-0.2, 0) is 90.5 Å². The number of carbonyl (C=O) groups is 9. The third kappa shape index (κ3) is 17.4. The van der Waals surface area contributed by atoms with Gasteiger partial charge >= 0.3 is 41.8 Å². The molecule has 4 fully saturated rings. The monoisotopic (exact) mass is 1590 g/mol. The number of esters is 5. The third-order valence-electron chi connectivity index (χ3n) is 20.3. The first-order valence-electron chi connectivity index (χ1n) is 32.3. The number of allylic oxidation sites excluding steroid dienone is 6. The van der Waals surface area contributed by atoms with E-state index in [1.807, 2.05) is 69.5 Å². The Morgan fingerprint density at radius 2 is 1.13 bits per heavy atom. The Bertz CT molecular complexity index is 3550. The van der Waals surface area contributed by atoms with Crippen LogP contribution in [0.15, 0.2) is 100 Å². The minimum absolute atomic E-state index is 0.0159. The molecule has 554 valence electrons. The van der Waals surface area contributed by atoms with E-state index in [4.69, 9.17) is 152 Å². The molecule has 0 unspecified atom stereocenters. The van der Waals surface area contributed by atoms with Gasteiger partial charge in [0.05, 0.1) is 12.2 Å². The van der Waals surface area contributed by atoms with Crippen molar-refractivity contribution in [1.29, 1.82) is 0 Å². The van der Waals surface area contributed by atoms with Crippen LogP contribution in [0.25, 0.3) is 0 Å². The average molecular weight is 1590 g/mol. The molecular weight excluding hydrogens is 1520 g/mol. The Hall–Kier alpha value is -4.70. The summed E-state index contributed by atoms with van der Waals surface area (Å²) in [5, 5.41) is 24.1. The lowest BCUT2D eigenvalue weighted by Crippen LogP contribution is -2.59. The van der Waals surface area contributed by atoms with Gasteiger partial charge in [-0.05, 0) is 64.5 Å². The van der Waals surface area contributed by atoms with Crippen LogP contribution in [0.2, 0.25) is 0 Å². The first-order chi connectivity index (χ1) is 47.2. The molecule has 101 heavy (non-hydrogen) atoms. The second-order valence-electron chi connectivity index (χ2n) is 26.5. The Morgan fingerprint density at radius 3 is 1.55 bits per heavy atom. The largest absolute Gasteiger partial charge is 0.458 e. The van der Waals surface area contributed by atoms with Gasteiger partial charge in [-0.1, -0.05) is 205 Å². The number of Topliss-reactive ketones (excluding diaryl/α,β-unsaturated/α-hetero) is 1. The maximum Gasteiger partial charge on any atom is 0.414 e. The van der Waals surface area contributed by atoms with Crippen LogP contribution >= 0.6 is 104 Å². The predicted octanol–water partition coefficient (Wildman–Crippen LogP) is 10.0. The number of aliphatic imine (C=N–C) groups is 1. The van der Waals surface area contributed by atoms with Gasteiger partial charge in [-0.3, -0.25) is 24.5 Å². The molecule has 0 aromatic heterocycles. The highest BCUT2D eigenvalue weighted by molar-refractivity contribution is 6.77. The molecule has 10 rings (SSSR count). The maximum absolute atomic E-state index is 13.8. The lowest BCUT2D eigenvalue weighted by Gasteiger charge is -2.49. The van der Waals surface area contributed by atoms with Crippen molar-refractivity contribution in [3.8, 4) is 0 Å². The normalized spacial score (nSPS) is 37.4. The zero-order valence-corrected chi connectivity index (χ0v) is 62.9. The number of ether oxygens (including phenoxy) is 10. The van der Waals surface area contributed by atoms with Crippen molar-refractivity contribution < 1.29 is 106 Å². The van der Waals surface area contributed by atoms with E-state index in [1.54, 1.807) is 45.1 Å². The van der Waals surface area contributed by atoms with E-state index in [0.29, 0.717) is 29.6 Å². The quantitative estimate of drug-likeness (QED) is 0.0311. The van der Waals surface area contributed by atoms with Crippen LogP contribution in [0.1, 0.15) is 87.5 Å². The second-order valence-corrected chi connectivity index (χ2v) is 33.4. The van der Waals surface area contributed by atoms with E-state index in [1.165, 1.54) is 21.1 Å². The Morgan fingerprint density at radius 1 is 0.663 bits per heavy atom. The van der Waals surface area contributed by atoms with Crippen LogP contribution in [0, 0.1) is 59.2 Å². The van der Waals surface area contributed by atoms with E-state index in [0.717, 1.165) is 11.7 Å². The fraction of sp³-hybridized carbons (Fsp3) is 0.618. The summed E-state index contributed by atoms with van der Waals surface area (Å²) < 4.78 is 53.6. The molecule has 2 saturated heterocycles. The number of hydrogen-bond donors (Lipinski definition) is 3. The standard InChI is InChI=1S/C36H39Cl6NO12.C29H38O8.C3Cl3NO2/c1-15-12-16(2)34-20(13-22(50-5)31(47)52-26(15)18(4)51-24(45)14-23(44)35(37,38)39)10-11-21-25(34)27(54-33(49)43-32(48)36(40,41)42)17(3)28(29(21)55-34)53-30(46)19-8-6-7-9-19;1-14-12-15(2)29-19(13-21(34-5)28(33)35-24(14)17(4)30)10-11-20-22(29)23(31)16(3)25(26(20)37-29)36-27(32)18-8-6-7-9-18;4-3(5,6)2(9)7-1-8/h6-8,10-12,15,17-18,20-22,25-29H,9,13-14H2,1-5H3,(H,43,48,49);6-8,10-12,14,16-17,19-26,30-31H,9,13H2,1-5H3;/b16-12+;15-12+;/t15-,17-,18-,20-,21-,22+,25+,26+,27-,28-,29-,34+;14-,16-,17-,19-,20-,21+,22+,23-,24+,25-,26-,29+;/m11./s1. The zero-order chi connectivity index (χ0) is 74.9. The van der Waals surface area contributed by atoms with Crippen LogP contribution in [0.4, 0.5) is 4.79 Å². The number of aliphatic hydroxyl groups excluding tert-OH is 2. The molecule has 6 aliphatic carbocycles. The summed E-state index contributed by atoms with van der Waals surface area (Å²) in [6.45, 7) is 14.1. The minimum atomic E-state index is -2.47. The summed E-state index contributed by atoms with van der Waals surface area (Å²) in [6.07, 6.45) is 12.0. The summed E-state index contributed by atoms with van der Waals surface area (Å²) in [7, 11) is 2.80. The smallest absolute Gasteiger partial charge is 0.414 e. The number of alkyl halides is 9. The Kier molecular flexibility index (Phi) is 26.8. The number of rotatable bonds is 12. The van der Waals surface area contributed by atoms with Gasteiger partial charge < -0.3 is 57.6 Å². The number of alkyl carbamates (subject to hydrolysis) is 1. The fourth-order valence-corrected chi connectivity index (χ4v) is 16.2. The summed E-state index contributed by atoms with van der Waals surface area (Å²) >= 11 is 48.9. The van der Waals surface area contributed by atoms with Crippen molar-refractivity contribution in [2.45, 2.75) is 183 Å². The van der Waals surface area contributed by atoms with Gasteiger partial charge in [-0.15, -0.1) is 4.99 Å². The molecule has 0 aromatic rings. The van der Waals surface area contributed by atoms with Crippen LogP contribution in [-0.4, -0.2) is 180 Å². The summed E-state index contributed by atoms with van der Waals surface area (Å²) in [5.41, 5.74) is 0.313. The number of aliphatic hydroxyl groups is 2. The highest BCUT2D eigenvalue weighted by Gasteiger charge is 2.72. The molecule has 3 N–H and O–H groups in total. The molecule has 10 aliphatic rings. The molecule has 4 heterocycles. The van der Waals surface area contributed by atoms with Gasteiger partial charge in [-0.25, -0.2) is 28.8 Å². The van der Waals surface area contributed by atoms with Gasteiger partial charge in [0.15, 0.2) is 18.0 Å². The molecule has 4 aliphatic heterocycles. The van der Waals surface area contributed by atoms with Crippen molar-refractivity contribution in [1.82, 2.24) is 5.32 Å². The predicted molar refractivity (Wildman–Crippen MR) is 368 cm³/mol. The van der Waals surface area contributed by atoms with Crippen molar-refractivity contribution in [3.63, 3.8) is 0 Å². The van der Waals surface area contributed by atoms with Gasteiger partial charge in [0, 0.05) is 84.5 Å². The lowest BCUT2D eigenvalue weighted by atomic mass is 9.57. The van der Waals surface area contributed by atoms with Crippen LogP contribution in [0.3, 0.4) is 0 Å². The lowest BCUT2D eigenvalue weighted by molar-refractivity contribution is -0.179. The molecule has 24 nitrogen and oxygen atoms in total. The highest BCUT2D eigenvalue weighted by Crippen LogP contribution is 2.64. The Labute approximate surface area is 627 Å². The van der Waals surface area contributed by atoms with E-state index >= 15 is 0 Å². The molecule has 0 aromatic carbocycles. The Balaban J connectivity index is 0.000000241. The molecule has 8 bridgehead atoms.